The van der Waals surface area contributed by atoms with Gasteiger partial charge in [-0.3, -0.25) is 19.5 Å². The molecule has 9 heteroatoms. The topological polar surface area (TPSA) is 96.1 Å². The summed E-state index contributed by atoms with van der Waals surface area (Å²) in [6, 6.07) is 18.2. The molecule has 1 fully saturated rings. The monoisotopic (exact) mass is 593 g/mol. The molecule has 0 unspecified atom stereocenters. The van der Waals surface area contributed by atoms with E-state index < -0.39 is 5.91 Å². The number of hydrogen-bond acceptors (Lipinski definition) is 5. The number of fused-ring (bicyclic) bond motifs is 2. The van der Waals surface area contributed by atoms with Gasteiger partial charge in [-0.1, -0.05) is 43.2 Å². The fourth-order valence-electron chi connectivity index (χ4n) is 6.62. The molecule has 0 radical (unpaired) electrons. The van der Waals surface area contributed by atoms with Crippen LogP contribution in [0.25, 0.3) is 33.3 Å². The number of piperazine rings is 1. The van der Waals surface area contributed by atoms with Crippen LogP contribution in [0.1, 0.15) is 49.0 Å². The Kier molecular flexibility index (Phi) is 6.98. The Labute approximate surface area is 256 Å². The largest absolute Gasteiger partial charge is 0.369 e. The predicted octanol–water partition coefficient (Wildman–Crippen LogP) is 6.44. The summed E-state index contributed by atoms with van der Waals surface area (Å²) in [5.74, 6) is -0.467. The molecule has 0 atom stereocenters. The number of carbonyl (C=O) groups excluding carboxylic acids is 1. The van der Waals surface area contributed by atoms with E-state index in [1.807, 2.05) is 47.3 Å². The van der Waals surface area contributed by atoms with Crippen molar-refractivity contribution in [2.75, 3.05) is 37.6 Å². The summed E-state index contributed by atoms with van der Waals surface area (Å²) in [4.78, 5) is 26.4. The molecule has 3 N–H and O–H groups in total. The number of carbonyl (C=O) groups is 1. The number of halogens is 1. The van der Waals surface area contributed by atoms with Gasteiger partial charge in [0.05, 0.1) is 16.8 Å². The standard InChI is InChI=1S/C34H36ClN7O/c1-34(2)11-9-24(28(19-34)22-3-5-25(35)6-4-22)21-40-13-15-41(16-14-40)26-7-8-27(32(36)43)30(18-26)42-31-17-23-10-12-37-33(23)39-29(31)20-38-42/h3-8,10,12,17-18,20,38H,9,11,13-16,19,21H2,1-2H3,(H2,36,43). The number of benzene rings is 2. The minimum Gasteiger partial charge on any atom is -0.369 e. The third-order valence-corrected chi connectivity index (χ3v) is 9.33. The smallest absolute Gasteiger partial charge is 0.250 e. The van der Waals surface area contributed by atoms with Crippen LogP contribution in [0, 0.1) is 5.41 Å². The molecule has 0 bridgehead atoms. The van der Waals surface area contributed by atoms with Crippen LogP contribution < -0.4 is 10.6 Å². The average Bonchev–Trinajstić information content (AvgIpc) is 3.63. The Balaban J connectivity index is 1.12. The Morgan fingerprint density at radius 2 is 1.84 bits per heavy atom. The lowest BCUT2D eigenvalue weighted by Crippen LogP contribution is -2.47. The highest BCUT2D eigenvalue weighted by molar-refractivity contribution is 6.30. The lowest BCUT2D eigenvalue weighted by molar-refractivity contribution is 0.1000. The number of primary amides is 1. The number of H-pyrrole nitrogens is 1. The number of nitrogens with one attached hydrogen (secondary N) is 1. The van der Waals surface area contributed by atoms with Crippen LogP contribution in [0.4, 0.5) is 5.69 Å². The summed E-state index contributed by atoms with van der Waals surface area (Å²) in [5, 5.41) is 5.01. The first kappa shape index (κ1) is 27.7. The Morgan fingerprint density at radius 1 is 1.05 bits per heavy atom. The molecule has 1 aliphatic carbocycles. The second kappa shape index (κ2) is 10.8. The fourth-order valence-corrected chi connectivity index (χ4v) is 6.75. The van der Waals surface area contributed by atoms with Crippen molar-refractivity contribution in [3.63, 3.8) is 0 Å². The highest BCUT2D eigenvalue weighted by Gasteiger charge is 2.29. The molecule has 5 aromatic rings. The van der Waals surface area contributed by atoms with Gasteiger partial charge in [0, 0.05) is 61.2 Å². The maximum absolute atomic E-state index is 12.5. The van der Waals surface area contributed by atoms with E-state index in [2.05, 4.69) is 56.9 Å². The molecule has 2 aromatic carbocycles. The lowest BCUT2D eigenvalue weighted by atomic mass is 9.72. The van der Waals surface area contributed by atoms with Crippen LogP contribution in [-0.2, 0) is 0 Å². The zero-order valence-electron chi connectivity index (χ0n) is 24.6. The molecule has 43 heavy (non-hydrogen) atoms. The van der Waals surface area contributed by atoms with Crippen molar-refractivity contribution in [3.05, 3.63) is 88.7 Å². The molecule has 8 nitrogen and oxygen atoms in total. The van der Waals surface area contributed by atoms with Crippen molar-refractivity contribution in [2.24, 2.45) is 11.1 Å². The van der Waals surface area contributed by atoms with E-state index in [1.165, 1.54) is 17.6 Å². The number of rotatable bonds is 6. The quantitative estimate of drug-likeness (QED) is 0.236. The van der Waals surface area contributed by atoms with Crippen molar-refractivity contribution in [3.8, 4) is 5.69 Å². The second-order valence-corrected chi connectivity index (χ2v) is 13.1. The van der Waals surface area contributed by atoms with Crippen LogP contribution in [0.2, 0.25) is 5.02 Å². The maximum Gasteiger partial charge on any atom is 0.250 e. The highest BCUT2D eigenvalue weighted by Crippen LogP contribution is 2.43. The first-order valence-corrected chi connectivity index (χ1v) is 15.3. The number of nitrogens with two attached hydrogens (primary N) is 1. The zero-order valence-corrected chi connectivity index (χ0v) is 25.4. The minimum atomic E-state index is -0.467. The van der Waals surface area contributed by atoms with Gasteiger partial charge < -0.3 is 10.6 Å². The summed E-state index contributed by atoms with van der Waals surface area (Å²) in [7, 11) is 0. The molecule has 4 heterocycles. The van der Waals surface area contributed by atoms with Gasteiger partial charge in [-0.05, 0) is 78.3 Å². The second-order valence-electron chi connectivity index (χ2n) is 12.6. The number of aromatic amines is 1. The summed E-state index contributed by atoms with van der Waals surface area (Å²) in [5.41, 5.74) is 15.1. The number of aromatic nitrogens is 4. The number of amides is 1. The van der Waals surface area contributed by atoms with E-state index in [0.29, 0.717) is 22.3 Å². The molecular formula is C34H36ClN7O. The summed E-state index contributed by atoms with van der Waals surface area (Å²) >= 11 is 6.21. The van der Waals surface area contributed by atoms with Gasteiger partial charge in [0.15, 0.2) is 5.65 Å². The molecule has 3 aromatic heterocycles. The van der Waals surface area contributed by atoms with Crippen molar-refractivity contribution in [2.45, 2.75) is 33.1 Å². The van der Waals surface area contributed by atoms with E-state index >= 15 is 0 Å². The average molecular weight is 594 g/mol. The maximum atomic E-state index is 12.5. The van der Waals surface area contributed by atoms with Gasteiger partial charge in [0.2, 0.25) is 0 Å². The number of nitrogens with zero attached hydrogens (tertiary/aromatic N) is 5. The molecule has 7 rings (SSSR count). The van der Waals surface area contributed by atoms with Gasteiger partial charge in [-0.25, -0.2) is 9.97 Å². The number of allylic oxidation sites excluding steroid dienone is 1. The Bertz CT molecular complexity index is 1860. The number of pyridine rings is 1. The van der Waals surface area contributed by atoms with Gasteiger partial charge in [-0.15, -0.1) is 0 Å². The Hall–Kier alpha value is -4.14. The van der Waals surface area contributed by atoms with Crippen LogP contribution in [0.15, 0.2) is 72.6 Å². The normalized spacial score (nSPS) is 17.7. The first-order valence-electron chi connectivity index (χ1n) is 14.9. The molecule has 1 aliphatic heterocycles. The van der Waals surface area contributed by atoms with E-state index in [1.54, 1.807) is 11.8 Å². The van der Waals surface area contributed by atoms with Crippen molar-refractivity contribution in [1.29, 1.82) is 0 Å². The Morgan fingerprint density at radius 3 is 2.60 bits per heavy atom. The first-order chi connectivity index (χ1) is 20.7. The van der Waals surface area contributed by atoms with E-state index in [9.17, 15) is 4.79 Å². The minimum absolute atomic E-state index is 0.302. The third-order valence-electron chi connectivity index (χ3n) is 9.08. The third kappa shape index (κ3) is 5.41. The molecule has 1 amide bonds. The number of anilines is 1. The molecule has 0 spiro atoms. The van der Waals surface area contributed by atoms with E-state index in [0.717, 1.165) is 72.7 Å². The predicted molar refractivity (Wildman–Crippen MR) is 174 cm³/mol. The molecule has 220 valence electrons. The van der Waals surface area contributed by atoms with Crippen LogP contribution >= 0.6 is 11.6 Å². The van der Waals surface area contributed by atoms with Crippen molar-refractivity contribution < 1.29 is 4.79 Å². The highest BCUT2D eigenvalue weighted by atomic mass is 35.5. The SMILES string of the molecule is CC1(C)CCC(CN2CCN(c3ccc(C(N)=O)c(-n4[nH]cc5nc6nccc6cc54)c3)CC2)=C(c2ccc(Cl)cc2)C1. The van der Waals surface area contributed by atoms with Gasteiger partial charge in [0.1, 0.15) is 5.52 Å². The van der Waals surface area contributed by atoms with Gasteiger partial charge >= 0.3 is 0 Å². The van der Waals surface area contributed by atoms with Crippen molar-refractivity contribution in [1.82, 2.24) is 24.6 Å². The van der Waals surface area contributed by atoms with E-state index in [4.69, 9.17) is 17.3 Å². The molecule has 0 saturated carbocycles. The zero-order chi connectivity index (χ0) is 29.7. The van der Waals surface area contributed by atoms with Gasteiger partial charge in [-0.2, -0.15) is 0 Å². The van der Waals surface area contributed by atoms with Crippen LogP contribution in [0.3, 0.4) is 0 Å². The van der Waals surface area contributed by atoms with Crippen LogP contribution in [0.5, 0.6) is 0 Å². The number of hydrogen-bond donors (Lipinski definition) is 2. The fraction of sp³-hybridized carbons (Fsp3) is 0.324. The lowest BCUT2D eigenvalue weighted by Gasteiger charge is -2.39. The molecular weight excluding hydrogens is 558 g/mol. The summed E-state index contributed by atoms with van der Waals surface area (Å²) in [6.07, 6.45) is 7.02. The van der Waals surface area contributed by atoms with Crippen LogP contribution in [-0.4, -0.2) is 63.3 Å². The van der Waals surface area contributed by atoms with Crippen molar-refractivity contribution >= 4 is 50.8 Å². The summed E-state index contributed by atoms with van der Waals surface area (Å²) < 4.78 is 1.89. The van der Waals surface area contributed by atoms with Gasteiger partial charge in [0.25, 0.3) is 5.91 Å². The molecule has 1 saturated heterocycles. The molecule has 2 aliphatic rings. The summed E-state index contributed by atoms with van der Waals surface area (Å²) in [6.45, 7) is 9.50. The van der Waals surface area contributed by atoms with E-state index in [-0.39, 0.29) is 0 Å².